The second kappa shape index (κ2) is 6.09. The minimum Gasteiger partial charge on any atom is -0.493 e. The molecular formula is C20H21ClN2O3. The van der Waals surface area contributed by atoms with Crippen molar-refractivity contribution < 1.29 is 14.2 Å². The van der Waals surface area contributed by atoms with E-state index in [1.54, 1.807) is 14.2 Å². The minimum atomic E-state index is -0.538. The van der Waals surface area contributed by atoms with Crippen LogP contribution < -0.4 is 14.2 Å². The molecule has 26 heavy (non-hydrogen) atoms. The third kappa shape index (κ3) is 2.67. The smallest absolute Gasteiger partial charge is 0.192 e. The van der Waals surface area contributed by atoms with E-state index in [1.807, 2.05) is 55.3 Å². The summed E-state index contributed by atoms with van der Waals surface area (Å²) in [7, 11) is 3.27. The van der Waals surface area contributed by atoms with Crippen molar-refractivity contribution in [1.29, 1.82) is 0 Å². The Bertz CT molecular complexity index is 895. The first kappa shape index (κ1) is 17.0. The largest absolute Gasteiger partial charge is 0.493 e. The number of hydrogen-bond acceptors (Lipinski definition) is 5. The molecule has 136 valence electrons. The predicted octanol–water partition coefficient (Wildman–Crippen LogP) is 4.64. The van der Waals surface area contributed by atoms with Crippen LogP contribution in [0.4, 0.5) is 0 Å². The predicted molar refractivity (Wildman–Crippen MR) is 101 cm³/mol. The van der Waals surface area contributed by atoms with Crippen molar-refractivity contribution in [1.82, 2.24) is 5.01 Å². The highest BCUT2D eigenvalue weighted by Gasteiger charge is 2.44. The van der Waals surface area contributed by atoms with Crippen LogP contribution in [0.1, 0.15) is 37.4 Å². The van der Waals surface area contributed by atoms with E-state index in [9.17, 15) is 0 Å². The molecule has 0 spiro atoms. The zero-order valence-corrected chi connectivity index (χ0v) is 16.0. The molecule has 0 unspecified atom stereocenters. The summed E-state index contributed by atoms with van der Waals surface area (Å²) in [5, 5.41) is 7.60. The van der Waals surface area contributed by atoms with E-state index in [2.05, 4.69) is 0 Å². The van der Waals surface area contributed by atoms with Crippen LogP contribution in [0, 0.1) is 0 Å². The Balaban J connectivity index is 1.75. The van der Waals surface area contributed by atoms with Crippen LogP contribution >= 0.6 is 11.6 Å². The Morgan fingerprint density at radius 1 is 1.12 bits per heavy atom. The number of ether oxygens (including phenoxy) is 3. The summed E-state index contributed by atoms with van der Waals surface area (Å²) in [6.45, 7) is 4.05. The third-order valence-corrected chi connectivity index (χ3v) is 5.10. The highest BCUT2D eigenvalue weighted by Crippen LogP contribution is 2.47. The van der Waals surface area contributed by atoms with E-state index in [0.29, 0.717) is 16.5 Å². The molecule has 0 amide bonds. The number of rotatable bonds is 3. The molecule has 0 radical (unpaired) electrons. The van der Waals surface area contributed by atoms with Crippen LogP contribution in [-0.4, -0.2) is 30.7 Å². The first-order valence-electron chi connectivity index (χ1n) is 8.50. The van der Waals surface area contributed by atoms with Gasteiger partial charge in [-0.2, -0.15) is 5.10 Å². The van der Waals surface area contributed by atoms with Crippen molar-refractivity contribution in [2.24, 2.45) is 5.10 Å². The van der Waals surface area contributed by atoms with Gasteiger partial charge in [-0.15, -0.1) is 0 Å². The van der Waals surface area contributed by atoms with Crippen LogP contribution in [0.2, 0.25) is 5.02 Å². The van der Waals surface area contributed by atoms with Gasteiger partial charge >= 0.3 is 0 Å². The Morgan fingerprint density at radius 2 is 1.88 bits per heavy atom. The van der Waals surface area contributed by atoms with Crippen molar-refractivity contribution in [3.8, 4) is 17.2 Å². The molecule has 1 atom stereocenters. The molecule has 2 aliphatic heterocycles. The van der Waals surface area contributed by atoms with Gasteiger partial charge in [-0.3, -0.25) is 0 Å². The monoisotopic (exact) mass is 372 g/mol. The summed E-state index contributed by atoms with van der Waals surface area (Å²) in [5.41, 5.74) is 2.53. The van der Waals surface area contributed by atoms with Crippen LogP contribution in [0.5, 0.6) is 17.2 Å². The number of fused-ring (bicyclic) bond motifs is 3. The summed E-state index contributed by atoms with van der Waals surface area (Å²) in [4.78, 5) is 0. The van der Waals surface area contributed by atoms with Crippen LogP contribution in [0.25, 0.3) is 0 Å². The zero-order valence-electron chi connectivity index (χ0n) is 15.2. The van der Waals surface area contributed by atoms with Crippen LogP contribution in [0.3, 0.4) is 0 Å². The number of nitrogens with zero attached hydrogens (tertiary/aromatic N) is 2. The van der Waals surface area contributed by atoms with Crippen molar-refractivity contribution >= 4 is 17.3 Å². The first-order valence-corrected chi connectivity index (χ1v) is 8.88. The van der Waals surface area contributed by atoms with Gasteiger partial charge in [-0.05, 0) is 50.2 Å². The Hall–Kier alpha value is -2.40. The Morgan fingerprint density at radius 3 is 2.62 bits per heavy atom. The molecule has 2 aromatic carbocycles. The molecule has 0 aromatic heterocycles. The SMILES string of the molecule is COc1ccc(C2=NN3[C@@H](C2)c2cc(Cl)ccc2OC3(C)C)cc1OC. The summed E-state index contributed by atoms with van der Waals surface area (Å²) in [6.07, 6.45) is 0.773. The maximum atomic E-state index is 6.22. The minimum absolute atomic E-state index is 0.0931. The second-order valence-electron chi connectivity index (χ2n) is 6.91. The molecule has 6 heteroatoms. The summed E-state index contributed by atoms with van der Waals surface area (Å²) in [5.74, 6) is 2.26. The molecule has 0 aliphatic carbocycles. The number of methoxy groups -OCH3 is 2. The number of benzene rings is 2. The fourth-order valence-electron chi connectivity index (χ4n) is 3.63. The molecule has 0 N–H and O–H groups in total. The standard InChI is InChI=1S/C20H21ClN2O3/c1-20(2)23-16(14-10-13(21)6-8-17(14)26-20)11-15(22-23)12-5-7-18(24-3)19(9-12)25-4/h5-10,16H,11H2,1-4H3/t16-/m0/s1. The molecule has 0 bridgehead atoms. The average Bonchev–Trinajstić information content (AvgIpc) is 3.08. The van der Waals surface area contributed by atoms with E-state index in [-0.39, 0.29) is 6.04 Å². The lowest BCUT2D eigenvalue weighted by Gasteiger charge is -2.43. The molecule has 2 heterocycles. The van der Waals surface area contributed by atoms with Crippen LogP contribution in [0.15, 0.2) is 41.5 Å². The van der Waals surface area contributed by atoms with E-state index >= 15 is 0 Å². The van der Waals surface area contributed by atoms with Gasteiger partial charge in [0, 0.05) is 22.6 Å². The normalized spacial score (nSPS) is 20.0. The number of hydrogen-bond donors (Lipinski definition) is 0. The molecular weight excluding hydrogens is 352 g/mol. The number of halogens is 1. The van der Waals surface area contributed by atoms with Gasteiger partial charge in [0.1, 0.15) is 5.75 Å². The Kier molecular flexibility index (Phi) is 3.99. The summed E-state index contributed by atoms with van der Waals surface area (Å²) in [6, 6.07) is 11.7. The zero-order chi connectivity index (χ0) is 18.5. The molecule has 2 aliphatic rings. The van der Waals surface area contributed by atoms with Crippen molar-refractivity contribution in [3.05, 3.63) is 52.5 Å². The molecule has 4 rings (SSSR count). The van der Waals surface area contributed by atoms with Crippen molar-refractivity contribution in [2.75, 3.05) is 14.2 Å². The van der Waals surface area contributed by atoms with Crippen molar-refractivity contribution in [3.63, 3.8) is 0 Å². The lowest BCUT2D eigenvalue weighted by atomic mass is 9.95. The van der Waals surface area contributed by atoms with E-state index < -0.39 is 5.72 Å². The molecule has 0 fully saturated rings. The van der Waals surface area contributed by atoms with Gasteiger partial charge in [0.25, 0.3) is 0 Å². The van der Waals surface area contributed by atoms with E-state index in [0.717, 1.165) is 29.0 Å². The highest BCUT2D eigenvalue weighted by molar-refractivity contribution is 6.30. The van der Waals surface area contributed by atoms with E-state index in [1.165, 1.54) is 0 Å². The maximum absolute atomic E-state index is 6.22. The van der Waals surface area contributed by atoms with Gasteiger partial charge in [-0.25, -0.2) is 5.01 Å². The number of hydrazone groups is 1. The van der Waals surface area contributed by atoms with Gasteiger partial charge in [0.15, 0.2) is 17.2 Å². The second-order valence-corrected chi connectivity index (χ2v) is 7.35. The fourth-order valence-corrected chi connectivity index (χ4v) is 3.81. The quantitative estimate of drug-likeness (QED) is 0.787. The topological polar surface area (TPSA) is 43.3 Å². The lowest BCUT2D eigenvalue weighted by molar-refractivity contribution is -0.0911. The van der Waals surface area contributed by atoms with Gasteiger partial charge in [0.2, 0.25) is 0 Å². The first-order chi connectivity index (χ1) is 12.4. The summed E-state index contributed by atoms with van der Waals surface area (Å²) < 4.78 is 16.9. The third-order valence-electron chi connectivity index (χ3n) is 4.87. The lowest BCUT2D eigenvalue weighted by Crippen LogP contribution is -2.48. The van der Waals surface area contributed by atoms with Gasteiger partial charge in [-0.1, -0.05) is 11.6 Å². The molecule has 0 saturated carbocycles. The maximum Gasteiger partial charge on any atom is 0.192 e. The van der Waals surface area contributed by atoms with Crippen LogP contribution in [-0.2, 0) is 0 Å². The molecule has 5 nitrogen and oxygen atoms in total. The summed E-state index contributed by atoms with van der Waals surface area (Å²) >= 11 is 6.22. The average molecular weight is 373 g/mol. The Labute approximate surface area is 158 Å². The van der Waals surface area contributed by atoms with Gasteiger partial charge < -0.3 is 14.2 Å². The molecule has 2 aromatic rings. The fraction of sp³-hybridized carbons (Fsp3) is 0.350. The molecule has 0 saturated heterocycles. The highest BCUT2D eigenvalue weighted by atomic mass is 35.5. The van der Waals surface area contributed by atoms with Gasteiger partial charge in [0.05, 0.1) is 26.0 Å². The van der Waals surface area contributed by atoms with Crippen molar-refractivity contribution in [2.45, 2.75) is 32.0 Å². The van der Waals surface area contributed by atoms with E-state index in [4.69, 9.17) is 30.9 Å².